The standard InChI is InChI=1S/C33H26N2O4S/c1-19-12-14-22(15-13-19)30(36)27-29(23-8-7-11-25(18-23)39-24-9-5-4-6-10-24)35(32(38)31(27)37)33-34-28-21(3)16-20(2)17-26(28)40-33/h4-18,29,36H,1-3H3. The Balaban J connectivity index is 1.53. The number of ketones is 1. The molecule has 1 unspecified atom stereocenters. The van der Waals surface area contributed by atoms with Gasteiger partial charge >= 0.3 is 5.91 Å². The van der Waals surface area contributed by atoms with E-state index in [9.17, 15) is 14.7 Å². The van der Waals surface area contributed by atoms with Crippen LogP contribution < -0.4 is 9.64 Å². The maximum atomic E-state index is 13.7. The van der Waals surface area contributed by atoms with Crippen LogP contribution in [0.1, 0.15) is 33.9 Å². The number of aryl methyl sites for hydroxylation is 3. The summed E-state index contributed by atoms with van der Waals surface area (Å²) >= 11 is 1.35. The van der Waals surface area contributed by atoms with Gasteiger partial charge < -0.3 is 9.84 Å². The predicted octanol–water partition coefficient (Wildman–Crippen LogP) is 7.64. The minimum Gasteiger partial charge on any atom is -0.507 e. The number of aromatic nitrogens is 1. The Bertz CT molecular complexity index is 1810. The lowest BCUT2D eigenvalue weighted by Crippen LogP contribution is -2.29. The second-order valence-electron chi connectivity index (χ2n) is 9.95. The van der Waals surface area contributed by atoms with Gasteiger partial charge in [-0.3, -0.25) is 14.5 Å². The number of amides is 1. The number of benzene rings is 4. The van der Waals surface area contributed by atoms with E-state index in [4.69, 9.17) is 9.72 Å². The van der Waals surface area contributed by atoms with Crippen LogP contribution in [0, 0.1) is 20.8 Å². The number of hydrogen-bond donors (Lipinski definition) is 1. The highest BCUT2D eigenvalue weighted by atomic mass is 32.1. The molecular formula is C33H26N2O4S. The van der Waals surface area contributed by atoms with Gasteiger partial charge in [0.15, 0.2) is 5.13 Å². The summed E-state index contributed by atoms with van der Waals surface area (Å²) in [6.07, 6.45) is 0. The van der Waals surface area contributed by atoms with Crippen LogP contribution >= 0.6 is 11.3 Å². The zero-order valence-corrected chi connectivity index (χ0v) is 23.0. The Morgan fingerprint density at radius 2 is 1.57 bits per heavy atom. The van der Waals surface area contributed by atoms with Gasteiger partial charge in [0.2, 0.25) is 0 Å². The predicted molar refractivity (Wildman–Crippen MR) is 158 cm³/mol. The molecule has 2 heterocycles. The van der Waals surface area contributed by atoms with E-state index in [0.717, 1.165) is 26.9 Å². The van der Waals surface area contributed by atoms with Crippen molar-refractivity contribution in [2.24, 2.45) is 0 Å². The largest absolute Gasteiger partial charge is 0.507 e. The number of aliphatic hydroxyl groups is 1. The van der Waals surface area contributed by atoms with Gasteiger partial charge in [-0.15, -0.1) is 0 Å². The third-order valence-corrected chi connectivity index (χ3v) is 7.95. The van der Waals surface area contributed by atoms with Crippen LogP contribution in [0.4, 0.5) is 5.13 Å². The average Bonchev–Trinajstić information content (AvgIpc) is 3.48. The van der Waals surface area contributed by atoms with Crippen molar-refractivity contribution in [3.8, 4) is 11.5 Å². The maximum Gasteiger partial charge on any atom is 0.301 e. The first-order valence-corrected chi connectivity index (χ1v) is 13.7. The SMILES string of the molecule is Cc1ccc(C(O)=C2C(=O)C(=O)N(c3nc4c(C)cc(C)cc4s3)C2c2cccc(Oc3ccccc3)c2)cc1. The molecule has 1 fully saturated rings. The molecule has 0 bridgehead atoms. The molecule has 1 N–H and O–H groups in total. The first kappa shape index (κ1) is 25.5. The highest BCUT2D eigenvalue weighted by molar-refractivity contribution is 7.22. The van der Waals surface area contributed by atoms with Crippen LogP contribution in [0.3, 0.4) is 0 Å². The number of ether oxygens (including phenoxy) is 1. The zero-order chi connectivity index (χ0) is 28.0. The van der Waals surface area contributed by atoms with Gasteiger partial charge in [-0.05, 0) is 67.8 Å². The van der Waals surface area contributed by atoms with E-state index in [1.165, 1.54) is 16.2 Å². The number of carbonyl (C=O) groups is 2. The molecule has 198 valence electrons. The Morgan fingerprint density at radius 3 is 2.33 bits per heavy atom. The molecule has 0 saturated carbocycles. The summed E-state index contributed by atoms with van der Waals surface area (Å²) in [5.74, 6) is -0.523. The molecule has 6 rings (SSSR count). The lowest BCUT2D eigenvalue weighted by molar-refractivity contribution is -0.132. The number of fused-ring (bicyclic) bond motifs is 1. The molecule has 0 radical (unpaired) electrons. The van der Waals surface area contributed by atoms with Gasteiger partial charge in [0.25, 0.3) is 5.78 Å². The number of nitrogens with zero attached hydrogens (tertiary/aromatic N) is 2. The van der Waals surface area contributed by atoms with Crippen LogP contribution in [-0.4, -0.2) is 21.8 Å². The first-order valence-electron chi connectivity index (χ1n) is 12.9. The fourth-order valence-corrected chi connectivity index (χ4v) is 6.22. The van der Waals surface area contributed by atoms with Crippen LogP contribution in [0.25, 0.3) is 16.0 Å². The van der Waals surface area contributed by atoms with E-state index in [-0.39, 0.29) is 11.3 Å². The first-order chi connectivity index (χ1) is 19.3. The van der Waals surface area contributed by atoms with E-state index in [1.807, 2.05) is 93.6 Å². The minimum atomic E-state index is -0.900. The number of anilines is 1. The average molecular weight is 547 g/mol. The summed E-state index contributed by atoms with van der Waals surface area (Å²) in [5.41, 5.74) is 4.96. The molecule has 5 aromatic rings. The van der Waals surface area contributed by atoms with E-state index < -0.39 is 17.7 Å². The zero-order valence-electron chi connectivity index (χ0n) is 22.2. The van der Waals surface area contributed by atoms with Gasteiger partial charge in [0.1, 0.15) is 17.3 Å². The van der Waals surface area contributed by atoms with Gasteiger partial charge in [0.05, 0.1) is 21.8 Å². The number of hydrogen-bond acceptors (Lipinski definition) is 6. The molecular weight excluding hydrogens is 520 g/mol. The lowest BCUT2D eigenvalue weighted by atomic mass is 9.95. The van der Waals surface area contributed by atoms with Crippen molar-refractivity contribution in [2.45, 2.75) is 26.8 Å². The Hall–Kier alpha value is -4.75. The Kier molecular flexibility index (Phi) is 6.44. The summed E-state index contributed by atoms with van der Waals surface area (Å²) in [6.45, 7) is 5.93. The van der Waals surface area contributed by atoms with Gasteiger partial charge in [-0.1, -0.05) is 77.6 Å². The normalized spacial score (nSPS) is 16.6. The molecule has 6 nitrogen and oxygen atoms in total. The molecule has 4 aromatic carbocycles. The molecule has 0 aliphatic carbocycles. The molecule has 1 aliphatic rings. The summed E-state index contributed by atoms with van der Waals surface area (Å²) < 4.78 is 6.99. The molecule has 7 heteroatoms. The number of thiazole rings is 1. The van der Waals surface area contributed by atoms with Crippen LogP contribution in [-0.2, 0) is 9.59 Å². The van der Waals surface area contributed by atoms with Gasteiger partial charge in [-0.2, -0.15) is 0 Å². The van der Waals surface area contributed by atoms with Crippen LogP contribution in [0.2, 0.25) is 0 Å². The number of carbonyl (C=O) groups excluding carboxylic acids is 2. The fraction of sp³-hybridized carbons (Fsp3) is 0.121. The number of rotatable bonds is 5. The molecule has 1 atom stereocenters. The van der Waals surface area contributed by atoms with Gasteiger partial charge in [0, 0.05) is 5.56 Å². The molecule has 1 amide bonds. The van der Waals surface area contributed by atoms with Gasteiger partial charge in [-0.25, -0.2) is 4.98 Å². The van der Waals surface area contributed by atoms with Crippen molar-refractivity contribution in [2.75, 3.05) is 4.90 Å². The van der Waals surface area contributed by atoms with Crippen molar-refractivity contribution in [1.29, 1.82) is 0 Å². The number of para-hydroxylation sites is 1. The molecule has 1 aromatic heterocycles. The smallest absolute Gasteiger partial charge is 0.301 e. The fourth-order valence-electron chi connectivity index (χ4n) is 5.05. The summed E-state index contributed by atoms with van der Waals surface area (Å²) in [5, 5.41) is 11.8. The quantitative estimate of drug-likeness (QED) is 0.139. The molecule has 1 aliphatic heterocycles. The van der Waals surface area contributed by atoms with E-state index >= 15 is 0 Å². The molecule has 40 heavy (non-hydrogen) atoms. The maximum absolute atomic E-state index is 13.7. The minimum absolute atomic E-state index is 0.0119. The second-order valence-corrected chi connectivity index (χ2v) is 11.0. The van der Waals surface area contributed by atoms with Crippen molar-refractivity contribution >= 4 is 44.1 Å². The number of Topliss-reactive ketones (excluding diaryl/α,β-unsaturated/α-hetero) is 1. The Morgan fingerprint density at radius 1 is 0.850 bits per heavy atom. The molecule has 0 spiro atoms. The van der Waals surface area contributed by atoms with E-state index in [0.29, 0.717) is 27.8 Å². The summed E-state index contributed by atoms with van der Waals surface area (Å²) in [6, 6.07) is 27.0. The second kappa shape index (κ2) is 10.1. The number of aliphatic hydroxyl groups excluding tert-OH is 1. The summed E-state index contributed by atoms with van der Waals surface area (Å²) in [7, 11) is 0. The third-order valence-electron chi connectivity index (χ3n) is 6.95. The highest BCUT2D eigenvalue weighted by Crippen LogP contribution is 2.45. The lowest BCUT2D eigenvalue weighted by Gasteiger charge is -2.23. The topological polar surface area (TPSA) is 79.7 Å². The van der Waals surface area contributed by atoms with Crippen LogP contribution in [0.15, 0.2) is 96.6 Å². The molecule has 1 saturated heterocycles. The summed E-state index contributed by atoms with van der Waals surface area (Å²) in [4.78, 5) is 33.5. The third kappa shape index (κ3) is 4.54. The van der Waals surface area contributed by atoms with E-state index in [2.05, 4.69) is 0 Å². The van der Waals surface area contributed by atoms with Crippen molar-refractivity contribution < 1.29 is 19.4 Å². The van der Waals surface area contributed by atoms with Crippen molar-refractivity contribution in [3.63, 3.8) is 0 Å². The van der Waals surface area contributed by atoms with Crippen LogP contribution in [0.5, 0.6) is 11.5 Å². The van der Waals surface area contributed by atoms with Crippen molar-refractivity contribution in [3.05, 3.63) is 124 Å². The highest BCUT2D eigenvalue weighted by Gasteiger charge is 2.48. The van der Waals surface area contributed by atoms with Crippen molar-refractivity contribution in [1.82, 2.24) is 4.98 Å². The van der Waals surface area contributed by atoms with E-state index in [1.54, 1.807) is 18.2 Å². The monoisotopic (exact) mass is 546 g/mol. The Labute approximate surface area is 235 Å².